The molecule has 2 aromatic carbocycles. The van der Waals surface area contributed by atoms with Gasteiger partial charge in [-0.1, -0.05) is 53.2 Å². The summed E-state index contributed by atoms with van der Waals surface area (Å²) in [5, 5.41) is 9.08. The van der Waals surface area contributed by atoms with E-state index < -0.39 is 6.04 Å². The van der Waals surface area contributed by atoms with Crippen LogP contribution in [0.15, 0.2) is 76.3 Å². The number of rotatable bonds is 5. The molecule has 166 valence electrons. The van der Waals surface area contributed by atoms with Crippen molar-refractivity contribution >= 4 is 22.9 Å². The largest absolute Gasteiger partial charge is 0.334 e. The fraction of sp³-hybridized carbons (Fsp3) is 0.160. The number of hydrogen-bond donors (Lipinski definition) is 1. The van der Waals surface area contributed by atoms with E-state index in [4.69, 9.17) is 4.52 Å². The maximum atomic E-state index is 14.0. The molecule has 2 amide bonds. The Morgan fingerprint density at radius 1 is 1.12 bits per heavy atom. The molecule has 33 heavy (non-hydrogen) atoms. The minimum atomic E-state index is -0.626. The number of hydrogen-bond acceptors (Lipinski definition) is 5. The zero-order chi connectivity index (χ0) is 22.9. The first-order valence-electron chi connectivity index (χ1n) is 10.5. The number of aromatic nitrogens is 2. The Bertz CT molecular complexity index is 1330. The molecular formula is C25H21FN4O2S. The highest BCUT2D eigenvalue weighted by Crippen LogP contribution is 2.38. The number of urea groups is 1. The van der Waals surface area contributed by atoms with Gasteiger partial charge >= 0.3 is 6.03 Å². The lowest BCUT2D eigenvalue weighted by Crippen LogP contribution is -2.45. The predicted octanol–water partition coefficient (Wildman–Crippen LogP) is 5.94. The summed E-state index contributed by atoms with van der Waals surface area (Å²) in [6.45, 7) is 4.25. The quantitative estimate of drug-likeness (QED) is 0.400. The van der Waals surface area contributed by atoms with Crippen LogP contribution in [0.4, 0.5) is 9.18 Å². The zero-order valence-corrected chi connectivity index (χ0v) is 18.9. The number of benzene rings is 2. The summed E-state index contributed by atoms with van der Waals surface area (Å²) in [4.78, 5) is 20.3. The third-order valence-electron chi connectivity index (χ3n) is 5.64. The minimum absolute atomic E-state index is 0.274. The number of carbonyl (C=O) groups excluding carboxylic acids is 1. The fourth-order valence-electron chi connectivity index (χ4n) is 3.90. The summed E-state index contributed by atoms with van der Waals surface area (Å²) >= 11 is 1.51. The van der Waals surface area contributed by atoms with Gasteiger partial charge in [0.25, 0.3) is 5.89 Å². The van der Waals surface area contributed by atoms with Crippen molar-refractivity contribution in [1.82, 2.24) is 20.4 Å². The second kappa shape index (κ2) is 8.63. The lowest BCUT2D eigenvalue weighted by molar-refractivity contribution is 0.203. The van der Waals surface area contributed by atoms with Crippen LogP contribution < -0.4 is 5.32 Å². The number of aryl methyl sites for hydroxylation is 1. The second-order valence-corrected chi connectivity index (χ2v) is 8.86. The molecule has 0 saturated heterocycles. The molecule has 0 aliphatic carbocycles. The molecule has 0 saturated carbocycles. The van der Waals surface area contributed by atoms with Crippen molar-refractivity contribution in [2.24, 2.45) is 0 Å². The van der Waals surface area contributed by atoms with Gasteiger partial charge < -0.3 is 9.84 Å². The summed E-state index contributed by atoms with van der Waals surface area (Å²) in [6, 6.07) is 17.1. The lowest BCUT2D eigenvalue weighted by Gasteiger charge is -2.35. The maximum absolute atomic E-state index is 14.0. The number of carbonyl (C=O) groups is 1. The molecular weight excluding hydrogens is 439 g/mol. The Kier molecular flexibility index (Phi) is 5.51. The van der Waals surface area contributed by atoms with E-state index >= 15 is 0 Å². The molecule has 0 spiro atoms. The van der Waals surface area contributed by atoms with Gasteiger partial charge in [-0.3, -0.25) is 4.90 Å². The highest BCUT2D eigenvalue weighted by Gasteiger charge is 2.36. The first-order valence-corrected chi connectivity index (χ1v) is 11.4. The van der Waals surface area contributed by atoms with Gasteiger partial charge in [0.15, 0.2) is 0 Å². The Labute approximate surface area is 194 Å². The molecule has 1 aliphatic rings. The van der Waals surface area contributed by atoms with E-state index in [2.05, 4.69) is 15.5 Å². The Morgan fingerprint density at radius 2 is 1.94 bits per heavy atom. The van der Waals surface area contributed by atoms with Crippen LogP contribution in [-0.2, 0) is 6.54 Å². The first-order chi connectivity index (χ1) is 16.0. The van der Waals surface area contributed by atoms with E-state index in [0.717, 1.165) is 16.0 Å². The van der Waals surface area contributed by atoms with Crippen molar-refractivity contribution in [3.8, 4) is 10.7 Å². The number of thiophene rings is 1. The second-order valence-electron chi connectivity index (χ2n) is 7.91. The summed E-state index contributed by atoms with van der Waals surface area (Å²) < 4.78 is 19.7. The molecule has 8 heteroatoms. The Morgan fingerprint density at radius 3 is 2.67 bits per heavy atom. The number of amides is 2. The fourth-order valence-corrected chi connectivity index (χ4v) is 4.55. The van der Waals surface area contributed by atoms with Gasteiger partial charge in [0.2, 0.25) is 5.82 Å². The van der Waals surface area contributed by atoms with Crippen LogP contribution in [0.25, 0.3) is 16.3 Å². The molecule has 0 fully saturated rings. The third-order valence-corrected chi connectivity index (χ3v) is 6.50. The molecule has 1 unspecified atom stereocenters. The summed E-state index contributed by atoms with van der Waals surface area (Å²) in [6.07, 6.45) is 0. The van der Waals surface area contributed by atoms with Crippen LogP contribution in [0, 0.1) is 12.7 Å². The molecule has 3 heterocycles. The average Bonchev–Trinajstić information content (AvgIpc) is 3.50. The third kappa shape index (κ3) is 4.17. The smallest absolute Gasteiger partial charge is 0.322 e. The molecule has 4 aromatic rings. The van der Waals surface area contributed by atoms with Gasteiger partial charge in [0, 0.05) is 5.70 Å². The van der Waals surface area contributed by atoms with Crippen molar-refractivity contribution in [2.75, 3.05) is 0 Å². The van der Waals surface area contributed by atoms with Crippen LogP contribution in [0.2, 0.25) is 0 Å². The van der Waals surface area contributed by atoms with Crippen LogP contribution >= 0.6 is 11.3 Å². The topological polar surface area (TPSA) is 71.3 Å². The number of halogens is 1. The van der Waals surface area contributed by atoms with Crippen molar-refractivity contribution < 1.29 is 13.7 Å². The summed E-state index contributed by atoms with van der Waals surface area (Å²) in [5.74, 6) is 0.380. The average molecular weight is 461 g/mol. The van der Waals surface area contributed by atoms with Crippen molar-refractivity contribution in [3.05, 3.63) is 100 Å². The van der Waals surface area contributed by atoms with E-state index in [1.807, 2.05) is 55.6 Å². The van der Waals surface area contributed by atoms with Crippen LogP contribution in [0.5, 0.6) is 0 Å². The van der Waals surface area contributed by atoms with Crippen molar-refractivity contribution in [2.45, 2.75) is 26.4 Å². The maximum Gasteiger partial charge on any atom is 0.322 e. The van der Waals surface area contributed by atoms with Gasteiger partial charge in [-0.25, -0.2) is 9.18 Å². The monoisotopic (exact) mass is 460 g/mol. The van der Waals surface area contributed by atoms with Crippen molar-refractivity contribution in [1.29, 1.82) is 0 Å². The van der Waals surface area contributed by atoms with Gasteiger partial charge in [-0.2, -0.15) is 4.98 Å². The highest BCUT2D eigenvalue weighted by atomic mass is 32.1. The molecule has 2 aromatic heterocycles. The molecule has 0 radical (unpaired) electrons. The van der Waals surface area contributed by atoms with E-state index in [9.17, 15) is 9.18 Å². The summed E-state index contributed by atoms with van der Waals surface area (Å²) in [5.41, 5.74) is 4.05. The van der Waals surface area contributed by atoms with Crippen LogP contribution in [-0.4, -0.2) is 21.1 Å². The van der Waals surface area contributed by atoms with Gasteiger partial charge in [0.1, 0.15) is 5.82 Å². The number of allylic oxidation sites excluding steroid dienone is 1. The van der Waals surface area contributed by atoms with Crippen molar-refractivity contribution in [3.63, 3.8) is 0 Å². The Hall–Kier alpha value is -3.78. The van der Waals surface area contributed by atoms with E-state index in [0.29, 0.717) is 35.1 Å². The zero-order valence-electron chi connectivity index (χ0n) is 18.1. The van der Waals surface area contributed by atoms with Gasteiger partial charge in [-0.15, -0.1) is 11.3 Å². The predicted molar refractivity (Wildman–Crippen MR) is 125 cm³/mol. The molecule has 5 rings (SSSR count). The van der Waals surface area contributed by atoms with Crippen LogP contribution in [0.1, 0.15) is 35.5 Å². The normalized spacial score (nSPS) is 16.3. The molecule has 1 N–H and O–H groups in total. The van der Waals surface area contributed by atoms with Gasteiger partial charge in [0.05, 0.1) is 23.0 Å². The molecule has 1 atom stereocenters. The number of nitrogens with zero attached hydrogens (tertiary/aromatic N) is 3. The molecule has 1 aliphatic heterocycles. The standard InChI is InChI=1S/C25H21FN4O2S/c1-15-8-10-17(11-9-15)14-30-16(2)21(24-28-23(29-32-24)20-7-4-12-33-20)22(27-25(30)31)18-5-3-6-19(26)13-18/h3-13,22H,14H2,1-2H3,(H,27,31). The van der Waals surface area contributed by atoms with Crippen LogP contribution in [0.3, 0.4) is 0 Å². The lowest BCUT2D eigenvalue weighted by atomic mass is 9.94. The van der Waals surface area contributed by atoms with E-state index in [-0.39, 0.29) is 11.8 Å². The SMILES string of the molecule is CC1=C(c2nc(-c3cccs3)no2)C(c2cccc(F)c2)NC(=O)N1Cc1ccc(C)cc1. The molecule has 0 bridgehead atoms. The first kappa shape index (κ1) is 21.1. The summed E-state index contributed by atoms with van der Waals surface area (Å²) in [7, 11) is 0. The minimum Gasteiger partial charge on any atom is -0.334 e. The highest BCUT2D eigenvalue weighted by molar-refractivity contribution is 7.13. The molecule has 6 nitrogen and oxygen atoms in total. The van der Waals surface area contributed by atoms with Gasteiger partial charge in [-0.05, 0) is 48.6 Å². The van der Waals surface area contributed by atoms with E-state index in [1.54, 1.807) is 17.0 Å². The number of nitrogens with one attached hydrogen (secondary N) is 1. The van der Waals surface area contributed by atoms with E-state index in [1.165, 1.54) is 23.5 Å². The Balaban J connectivity index is 1.60.